The van der Waals surface area contributed by atoms with Crippen LogP contribution in [-0.4, -0.2) is 40.3 Å². The van der Waals surface area contributed by atoms with Crippen molar-refractivity contribution in [1.29, 1.82) is 0 Å². The van der Waals surface area contributed by atoms with Crippen molar-refractivity contribution in [2.24, 2.45) is 5.73 Å². The molecule has 12 nitrogen and oxygen atoms in total. The smallest absolute Gasteiger partial charge is 0.449 e. The number of amides is 2. The van der Waals surface area contributed by atoms with Gasteiger partial charge >= 0.3 is 24.1 Å². The van der Waals surface area contributed by atoms with Crippen LogP contribution in [0.2, 0.25) is 0 Å². The second kappa shape index (κ2) is 14.4. The number of furan rings is 1. The number of carbonyl (C=O) groups is 1. The molecule has 6 rings (SSSR count). The molecule has 2 aromatic heterocycles. The number of benzene rings is 2. The zero-order valence-corrected chi connectivity index (χ0v) is 27.9. The lowest BCUT2D eigenvalue weighted by atomic mass is 9.85. The fourth-order valence-corrected chi connectivity index (χ4v) is 6.80. The first kappa shape index (κ1) is 37.8. The number of anilines is 1. The molecule has 1 unspecified atom stereocenters. The maximum absolute atomic E-state index is 15.1. The van der Waals surface area contributed by atoms with Gasteiger partial charge in [0.2, 0.25) is 5.76 Å². The van der Waals surface area contributed by atoms with Crippen molar-refractivity contribution in [3.8, 4) is 0 Å². The first-order valence-electron chi connectivity index (χ1n) is 16.2. The molecule has 1 atom stereocenters. The predicted molar refractivity (Wildman–Crippen MR) is 173 cm³/mol. The summed E-state index contributed by atoms with van der Waals surface area (Å²) < 4.78 is 109. The zero-order chi connectivity index (χ0) is 38.3. The third kappa shape index (κ3) is 7.73. The summed E-state index contributed by atoms with van der Waals surface area (Å²) in [6.45, 7) is -1.27. The SMILES string of the molecule is CONC(=O)Nc1cccc(C(N)Cn2c(=O)c3c(n(Cc4c(F)cccc4C(F)(F)F)c2=O)COC32CCN(Cc3ccc(C(F)(F)F)o3)CC2)c1. The van der Waals surface area contributed by atoms with Crippen LogP contribution in [0.25, 0.3) is 0 Å². The van der Waals surface area contributed by atoms with Gasteiger partial charge in [0, 0.05) is 30.4 Å². The molecule has 1 fully saturated rings. The molecule has 0 saturated carbocycles. The van der Waals surface area contributed by atoms with Crippen LogP contribution in [0.1, 0.15) is 58.4 Å². The molecule has 2 aromatic carbocycles. The van der Waals surface area contributed by atoms with Gasteiger partial charge in [0.15, 0.2) is 0 Å². The molecule has 1 spiro atoms. The summed E-state index contributed by atoms with van der Waals surface area (Å²) in [7, 11) is 1.23. The highest BCUT2D eigenvalue weighted by Gasteiger charge is 2.47. The number of rotatable bonds is 9. The summed E-state index contributed by atoms with van der Waals surface area (Å²) in [5.74, 6) is -2.30. The Balaban J connectivity index is 1.37. The molecule has 4 aromatic rings. The first-order chi connectivity index (χ1) is 25.0. The number of aromatic nitrogens is 2. The number of likely N-dealkylation sites (tertiary alicyclic amines) is 1. The molecule has 19 heteroatoms. The summed E-state index contributed by atoms with van der Waals surface area (Å²) >= 11 is 0. The average Bonchev–Trinajstić information content (AvgIpc) is 3.72. The number of nitrogens with one attached hydrogen (secondary N) is 2. The molecule has 0 bridgehead atoms. The maximum Gasteiger partial charge on any atom is 0.449 e. The van der Waals surface area contributed by atoms with Crippen molar-refractivity contribution < 1.29 is 49.5 Å². The molecule has 0 aliphatic carbocycles. The highest BCUT2D eigenvalue weighted by molar-refractivity contribution is 5.88. The lowest BCUT2D eigenvalue weighted by molar-refractivity contribution is -0.153. The van der Waals surface area contributed by atoms with Gasteiger partial charge in [-0.3, -0.25) is 23.7 Å². The van der Waals surface area contributed by atoms with E-state index in [1.165, 1.54) is 19.2 Å². The van der Waals surface area contributed by atoms with Crippen LogP contribution in [-0.2, 0) is 53.8 Å². The number of nitrogens with zero attached hydrogens (tertiary/aromatic N) is 3. The van der Waals surface area contributed by atoms with Crippen LogP contribution in [0.15, 0.2) is 68.6 Å². The number of hydrogen-bond donors (Lipinski definition) is 3. The average molecular weight is 755 g/mol. The fraction of sp³-hybridized carbons (Fsp3) is 0.382. The normalized spacial score (nSPS) is 16.5. The molecule has 1 saturated heterocycles. The molecule has 2 aliphatic heterocycles. The minimum absolute atomic E-state index is 0.00198. The topological polar surface area (TPSA) is 146 Å². The lowest BCUT2D eigenvalue weighted by Crippen LogP contribution is -2.49. The van der Waals surface area contributed by atoms with Crippen molar-refractivity contribution in [3.05, 3.63) is 121 Å². The number of hydroxylamine groups is 1. The van der Waals surface area contributed by atoms with E-state index in [-0.39, 0.29) is 61.8 Å². The summed E-state index contributed by atoms with van der Waals surface area (Å²) in [6.07, 6.45) is -9.39. The standard InChI is InChI=1S/C34H33F7N6O6/c1-51-44-30(49)43-20-5-2-4-19(14-20)25(42)17-47-29(48)28-26(46(31(47)50)16-22-23(33(36,37)38)6-3-7-24(22)35)18-52-32(28)10-12-45(13-11-32)15-21-8-9-27(53-21)34(39,40)41/h2-9,14,25H,10-13,15-18,42H2,1H3,(H2,43,44,49). The highest BCUT2D eigenvalue weighted by atomic mass is 19.4. The third-order valence-electron chi connectivity index (χ3n) is 9.35. The van der Waals surface area contributed by atoms with E-state index in [0.29, 0.717) is 11.6 Å². The lowest BCUT2D eigenvalue weighted by Gasteiger charge is -2.38. The zero-order valence-electron chi connectivity index (χ0n) is 27.9. The van der Waals surface area contributed by atoms with E-state index in [1.807, 2.05) is 0 Å². The molecular formula is C34H33F7N6O6. The van der Waals surface area contributed by atoms with E-state index in [1.54, 1.807) is 23.1 Å². The van der Waals surface area contributed by atoms with Crippen LogP contribution in [0.5, 0.6) is 0 Å². The Labute approximate surface area is 295 Å². The van der Waals surface area contributed by atoms with Crippen LogP contribution in [0.3, 0.4) is 0 Å². The van der Waals surface area contributed by atoms with Gasteiger partial charge in [-0.2, -0.15) is 26.3 Å². The third-order valence-corrected chi connectivity index (χ3v) is 9.35. The van der Waals surface area contributed by atoms with Gasteiger partial charge in [-0.05, 0) is 54.8 Å². The van der Waals surface area contributed by atoms with E-state index in [2.05, 4.69) is 15.6 Å². The minimum atomic E-state index is -4.97. The Kier molecular flexibility index (Phi) is 10.3. The van der Waals surface area contributed by atoms with Gasteiger partial charge in [0.25, 0.3) is 5.56 Å². The number of fused-ring (bicyclic) bond motifs is 2. The van der Waals surface area contributed by atoms with Gasteiger partial charge in [-0.1, -0.05) is 18.2 Å². The largest absolute Gasteiger partial charge is 0.455 e. The van der Waals surface area contributed by atoms with Crippen molar-refractivity contribution in [2.75, 3.05) is 25.5 Å². The van der Waals surface area contributed by atoms with Crippen LogP contribution in [0.4, 0.5) is 41.2 Å². The summed E-state index contributed by atoms with van der Waals surface area (Å²) in [4.78, 5) is 46.7. The maximum atomic E-state index is 15.1. The monoisotopic (exact) mass is 754 g/mol. The van der Waals surface area contributed by atoms with Gasteiger partial charge in [-0.15, -0.1) is 0 Å². The quantitative estimate of drug-likeness (QED) is 0.156. The Morgan fingerprint density at radius 1 is 0.981 bits per heavy atom. The number of hydrogen-bond acceptors (Lipinski definition) is 8. The summed E-state index contributed by atoms with van der Waals surface area (Å²) in [6, 6.07) is 8.87. The van der Waals surface area contributed by atoms with Crippen molar-refractivity contribution in [3.63, 3.8) is 0 Å². The Morgan fingerprint density at radius 2 is 1.70 bits per heavy atom. The van der Waals surface area contributed by atoms with Crippen LogP contribution in [0, 0.1) is 5.82 Å². The Morgan fingerprint density at radius 3 is 2.36 bits per heavy atom. The van der Waals surface area contributed by atoms with Crippen molar-refractivity contribution in [1.82, 2.24) is 19.5 Å². The van der Waals surface area contributed by atoms with Gasteiger partial charge in [0.05, 0.1) is 50.2 Å². The number of alkyl halides is 6. The number of urea groups is 1. The predicted octanol–water partition coefficient (Wildman–Crippen LogP) is 5.23. The minimum Gasteiger partial charge on any atom is -0.455 e. The molecule has 4 N–H and O–H groups in total. The number of halogens is 7. The van der Waals surface area contributed by atoms with Crippen LogP contribution >= 0.6 is 0 Å². The van der Waals surface area contributed by atoms with Crippen LogP contribution < -0.4 is 27.8 Å². The number of nitrogens with two attached hydrogens (primary N) is 1. The molecule has 4 heterocycles. The van der Waals surface area contributed by atoms with Gasteiger partial charge in [0.1, 0.15) is 17.2 Å². The first-order valence-corrected chi connectivity index (χ1v) is 16.2. The van der Waals surface area contributed by atoms with E-state index < -0.39 is 77.1 Å². The Hall–Kier alpha value is -4.98. The summed E-state index contributed by atoms with van der Waals surface area (Å²) in [5, 5.41) is 2.51. The molecule has 53 heavy (non-hydrogen) atoms. The van der Waals surface area contributed by atoms with E-state index >= 15 is 4.39 Å². The van der Waals surface area contributed by atoms with Gasteiger partial charge < -0.3 is 20.2 Å². The molecular weight excluding hydrogens is 721 g/mol. The van der Waals surface area contributed by atoms with Crippen molar-refractivity contribution >= 4 is 11.7 Å². The number of ether oxygens (including phenoxy) is 1. The second-order valence-corrected chi connectivity index (χ2v) is 12.7. The van der Waals surface area contributed by atoms with E-state index in [9.17, 15) is 40.7 Å². The van der Waals surface area contributed by atoms with Gasteiger partial charge in [-0.25, -0.2) is 19.5 Å². The van der Waals surface area contributed by atoms with E-state index in [4.69, 9.17) is 14.9 Å². The summed E-state index contributed by atoms with van der Waals surface area (Å²) in [5.41, 5.74) is 3.89. The highest BCUT2D eigenvalue weighted by Crippen LogP contribution is 2.43. The number of piperidine rings is 1. The molecule has 0 radical (unpaired) electrons. The molecule has 2 aliphatic rings. The second-order valence-electron chi connectivity index (χ2n) is 12.7. The fourth-order valence-electron chi connectivity index (χ4n) is 6.80. The molecule has 284 valence electrons. The van der Waals surface area contributed by atoms with E-state index in [0.717, 1.165) is 27.3 Å². The number of carbonyl (C=O) groups excluding carboxylic acids is 1. The molecule has 2 amide bonds. The Bertz CT molecular complexity index is 2120. The van der Waals surface area contributed by atoms with Crippen molar-refractivity contribution in [2.45, 2.75) is 63.1 Å².